The van der Waals surface area contributed by atoms with Gasteiger partial charge in [0.25, 0.3) is 0 Å². The molecule has 2 aliphatic rings. The van der Waals surface area contributed by atoms with E-state index in [2.05, 4.69) is 31.2 Å². The van der Waals surface area contributed by atoms with E-state index >= 15 is 0 Å². The molecule has 21 heavy (non-hydrogen) atoms. The van der Waals surface area contributed by atoms with Crippen LogP contribution in [-0.4, -0.2) is 23.7 Å². The predicted molar refractivity (Wildman–Crippen MR) is 84.3 cm³/mol. The normalized spacial score (nSPS) is 29.3. The number of carbonyl (C=O) groups excluding carboxylic acids is 1. The van der Waals surface area contributed by atoms with Crippen LogP contribution in [0.25, 0.3) is 0 Å². The smallest absolute Gasteiger partial charge is 0.233 e. The van der Waals surface area contributed by atoms with Crippen LogP contribution in [0.2, 0.25) is 0 Å². The summed E-state index contributed by atoms with van der Waals surface area (Å²) in [5.74, 6) is 0.276. The van der Waals surface area contributed by atoms with Crippen molar-refractivity contribution in [2.45, 2.75) is 58.0 Å². The molecule has 1 aromatic rings. The third-order valence-electron chi connectivity index (χ3n) is 5.21. The number of aliphatic hydroxyl groups is 1. The van der Waals surface area contributed by atoms with Gasteiger partial charge in [-0.3, -0.25) is 4.79 Å². The van der Waals surface area contributed by atoms with Gasteiger partial charge < -0.3 is 10.0 Å². The molecular weight excluding hydrogens is 262 g/mol. The fourth-order valence-electron chi connectivity index (χ4n) is 3.82. The molecule has 1 aliphatic heterocycles. The summed E-state index contributed by atoms with van der Waals surface area (Å²) in [4.78, 5) is 14.8. The van der Waals surface area contributed by atoms with Gasteiger partial charge in [-0.25, -0.2) is 0 Å². The Morgan fingerprint density at radius 3 is 2.48 bits per heavy atom. The van der Waals surface area contributed by atoms with Crippen LogP contribution in [0.1, 0.15) is 51.0 Å². The predicted octanol–water partition coefficient (Wildman–Crippen LogP) is 3.30. The minimum absolute atomic E-state index is 0.193. The Morgan fingerprint density at radius 1 is 1.19 bits per heavy atom. The van der Waals surface area contributed by atoms with Crippen LogP contribution in [0.15, 0.2) is 24.3 Å². The molecular formula is C18H25NO2. The van der Waals surface area contributed by atoms with Crippen molar-refractivity contribution in [2.24, 2.45) is 5.41 Å². The molecule has 0 bridgehead atoms. The van der Waals surface area contributed by atoms with Gasteiger partial charge in [-0.05, 0) is 56.2 Å². The fraction of sp³-hybridized carbons (Fsp3) is 0.611. The highest BCUT2D eigenvalue weighted by Gasteiger charge is 2.48. The summed E-state index contributed by atoms with van der Waals surface area (Å²) in [7, 11) is 0. The summed E-state index contributed by atoms with van der Waals surface area (Å²) in [5.41, 5.74) is 2.17. The summed E-state index contributed by atoms with van der Waals surface area (Å²) in [5, 5.41) is 9.68. The third kappa shape index (κ3) is 2.71. The van der Waals surface area contributed by atoms with E-state index in [9.17, 15) is 9.90 Å². The maximum absolute atomic E-state index is 12.8. The van der Waals surface area contributed by atoms with E-state index in [-0.39, 0.29) is 17.4 Å². The highest BCUT2D eigenvalue weighted by Crippen LogP contribution is 2.45. The third-order valence-corrected chi connectivity index (χ3v) is 5.21. The maximum Gasteiger partial charge on any atom is 0.233 e. The fourth-order valence-corrected chi connectivity index (χ4v) is 3.82. The van der Waals surface area contributed by atoms with Crippen molar-refractivity contribution < 1.29 is 9.90 Å². The SMILES string of the molecule is CCCc1ccc(N2CCC3(CCC(O)CC3)C2=O)cc1. The van der Waals surface area contributed by atoms with Crippen molar-refractivity contribution in [3.05, 3.63) is 29.8 Å². The molecule has 1 N–H and O–H groups in total. The standard InChI is InChI=1S/C18H25NO2/c1-2-3-14-4-6-15(7-5-14)19-13-12-18(17(19)21)10-8-16(20)9-11-18/h4-7,16,20H,2-3,8-13H2,1H3. The highest BCUT2D eigenvalue weighted by molar-refractivity contribution is 5.99. The maximum atomic E-state index is 12.8. The van der Waals surface area contributed by atoms with Crippen molar-refractivity contribution in [2.75, 3.05) is 11.4 Å². The van der Waals surface area contributed by atoms with Gasteiger partial charge in [0.2, 0.25) is 5.91 Å². The van der Waals surface area contributed by atoms with Crippen LogP contribution in [0, 0.1) is 5.41 Å². The van der Waals surface area contributed by atoms with E-state index < -0.39 is 0 Å². The Balaban J connectivity index is 1.74. The largest absolute Gasteiger partial charge is 0.393 e. The molecule has 0 aromatic heterocycles. The van der Waals surface area contributed by atoms with E-state index in [1.807, 2.05) is 4.90 Å². The van der Waals surface area contributed by atoms with Crippen molar-refractivity contribution >= 4 is 11.6 Å². The second kappa shape index (κ2) is 5.80. The summed E-state index contributed by atoms with van der Waals surface area (Å²) < 4.78 is 0. The first-order valence-corrected chi connectivity index (χ1v) is 8.23. The number of hydrogen-bond acceptors (Lipinski definition) is 2. The first-order chi connectivity index (χ1) is 10.1. The quantitative estimate of drug-likeness (QED) is 0.926. The number of amides is 1. The first kappa shape index (κ1) is 14.6. The van der Waals surface area contributed by atoms with Crippen LogP contribution in [-0.2, 0) is 11.2 Å². The van der Waals surface area contributed by atoms with Crippen LogP contribution >= 0.6 is 0 Å². The molecule has 3 rings (SSSR count). The molecule has 3 heteroatoms. The molecule has 3 nitrogen and oxygen atoms in total. The molecule has 1 spiro atoms. The number of benzene rings is 1. The van der Waals surface area contributed by atoms with Crippen LogP contribution in [0.3, 0.4) is 0 Å². The molecule has 1 amide bonds. The Hall–Kier alpha value is -1.35. The van der Waals surface area contributed by atoms with E-state index in [0.29, 0.717) is 0 Å². The molecule has 0 radical (unpaired) electrons. The van der Waals surface area contributed by atoms with Gasteiger partial charge in [0.15, 0.2) is 0 Å². The van der Waals surface area contributed by atoms with E-state index in [1.54, 1.807) is 0 Å². The van der Waals surface area contributed by atoms with Crippen molar-refractivity contribution in [1.29, 1.82) is 0 Å². The number of hydrogen-bond donors (Lipinski definition) is 1. The number of rotatable bonds is 3. The number of nitrogens with zero attached hydrogens (tertiary/aromatic N) is 1. The number of carbonyl (C=O) groups is 1. The van der Waals surface area contributed by atoms with Gasteiger partial charge in [-0.15, -0.1) is 0 Å². The van der Waals surface area contributed by atoms with E-state index in [4.69, 9.17) is 0 Å². The summed E-state index contributed by atoms with van der Waals surface area (Å²) in [6.07, 6.45) is 6.21. The topological polar surface area (TPSA) is 40.5 Å². The molecule has 2 fully saturated rings. The minimum atomic E-state index is -0.203. The second-order valence-electron chi connectivity index (χ2n) is 6.63. The average Bonchev–Trinajstić information content (AvgIpc) is 2.81. The average molecular weight is 287 g/mol. The summed E-state index contributed by atoms with van der Waals surface area (Å²) in [6.45, 7) is 3.00. The monoisotopic (exact) mass is 287 g/mol. The number of anilines is 1. The molecule has 0 unspecified atom stereocenters. The molecule has 1 aromatic carbocycles. The first-order valence-electron chi connectivity index (χ1n) is 8.23. The lowest BCUT2D eigenvalue weighted by atomic mass is 9.72. The van der Waals surface area contributed by atoms with Crippen molar-refractivity contribution in [3.8, 4) is 0 Å². The van der Waals surface area contributed by atoms with E-state index in [1.165, 1.54) is 5.56 Å². The molecule has 1 saturated carbocycles. The lowest BCUT2D eigenvalue weighted by molar-refractivity contribution is -0.128. The van der Waals surface area contributed by atoms with Crippen LogP contribution in [0.4, 0.5) is 5.69 Å². The molecule has 1 aliphatic carbocycles. The molecule has 1 heterocycles. The zero-order valence-corrected chi connectivity index (χ0v) is 12.8. The van der Waals surface area contributed by atoms with Gasteiger partial charge in [0, 0.05) is 12.2 Å². The van der Waals surface area contributed by atoms with Gasteiger partial charge in [0.05, 0.1) is 11.5 Å². The van der Waals surface area contributed by atoms with Crippen molar-refractivity contribution in [3.63, 3.8) is 0 Å². The van der Waals surface area contributed by atoms with Crippen molar-refractivity contribution in [1.82, 2.24) is 0 Å². The lowest BCUT2D eigenvalue weighted by Crippen LogP contribution is -2.38. The molecule has 1 saturated heterocycles. The molecule has 114 valence electrons. The van der Waals surface area contributed by atoms with Crippen LogP contribution < -0.4 is 4.90 Å². The Labute approximate surface area is 127 Å². The van der Waals surface area contributed by atoms with Gasteiger partial charge in [-0.1, -0.05) is 25.5 Å². The van der Waals surface area contributed by atoms with Gasteiger partial charge in [-0.2, -0.15) is 0 Å². The second-order valence-corrected chi connectivity index (χ2v) is 6.63. The molecule has 0 atom stereocenters. The van der Waals surface area contributed by atoms with Crippen LogP contribution in [0.5, 0.6) is 0 Å². The highest BCUT2D eigenvalue weighted by atomic mass is 16.3. The lowest BCUT2D eigenvalue weighted by Gasteiger charge is -2.33. The summed E-state index contributed by atoms with van der Waals surface area (Å²) in [6, 6.07) is 8.45. The Morgan fingerprint density at radius 2 is 1.86 bits per heavy atom. The minimum Gasteiger partial charge on any atom is -0.393 e. The Bertz CT molecular complexity index is 500. The van der Waals surface area contributed by atoms with Gasteiger partial charge in [0.1, 0.15) is 0 Å². The Kier molecular flexibility index (Phi) is 4.03. The number of aliphatic hydroxyl groups excluding tert-OH is 1. The zero-order chi connectivity index (χ0) is 14.9. The van der Waals surface area contributed by atoms with Gasteiger partial charge >= 0.3 is 0 Å². The summed E-state index contributed by atoms with van der Waals surface area (Å²) >= 11 is 0. The number of aryl methyl sites for hydroxylation is 1. The zero-order valence-electron chi connectivity index (χ0n) is 12.8. The van der Waals surface area contributed by atoms with E-state index in [0.717, 1.165) is 57.2 Å².